The molecule has 1 saturated carbocycles. The van der Waals surface area contributed by atoms with Gasteiger partial charge >= 0.3 is 0 Å². The van der Waals surface area contributed by atoms with Crippen LogP contribution in [0.4, 0.5) is 0 Å². The van der Waals surface area contributed by atoms with Gasteiger partial charge in [0, 0.05) is 18.3 Å². The molecule has 0 spiro atoms. The molecule has 0 heterocycles. The van der Waals surface area contributed by atoms with Gasteiger partial charge in [-0.3, -0.25) is 0 Å². The zero-order valence-electron chi connectivity index (χ0n) is 10.9. The van der Waals surface area contributed by atoms with Crippen molar-refractivity contribution in [1.82, 2.24) is 5.32 Å². The lowest BCUT2D eigenvalue weighted by molar-refractivity contribution is 0.0971. The third kappa shape index (κ3) is 4.94. The third-order valence-corrected chi connectivity index (χ3v) is 4.78. The molecular weight excluding hydrogens is 238 g/mol. The number of hydrogen-bond acceptors (Lipinski definition) is 4. The van der Waals surface area contributed by atoms with E-state index in [2.05, 4.69) is 5.32 Å². The molecule has 0 aliphatic heterocycles. The number of rotatable bonds is 6. The van der Waals surface area contributed by atoms with Crippen LogP contribution in [0.1, 0.15) is 39.0 Å². The maximum atomic E-state index is 11.1. The SMILES string of the molecule is C[C@](CO)(NCCS(C)(=O)=O)C1CCCCC1. The Morgan fingerprint density at radius 3 is 2.35 bits per heavy atom. The fraction of sp³-hybridized carbons (Fsp3) is 1.00. The maximum Gasteiger partial charge on any atom is 0.148 e. The van der Waals surface area contributed by atoms with Crippen molar-refractivity contribution >= 4 is 9.84 Å². The summed E-state index contributed by atoms with van der Waals surface area (Å²) in [5.74, 6) is 0.593. The quantitative estimate of drug-likeness (QED) is 0.749. The Morgan fingerprint density at radius 2 is 1.88 bits per heavy atom. The largest absolute Gasteiger partial charge is 0.394 e. The lowest BCUT2D eigenvalue weighted by Crippen LogP contribution is -2.53. The number of sulfone groups is 1. The topological polar surface area (TPSA) is 66.4 Å². The first-order valence-electron chi connectivity index (χ1n) is 6.41. The van der Waals surface area contributed by atoms with Gasteiger partial charge in [0.25, 0.3) is 0 Å². The first-order valence-corrected chi connectivity index (χ1v) is 8.47. The van der Waals surface area contributed by atoms with Crippen molar-refractivity contribution in [2.45, 2.75) is 44.6 Å². The van der Waals surface area contributed by atoms with Gasteiger partial charge in [0.2, 0.25) is 0 Å². The standard InChI is InChI=1S/C12H25NO3S/c1-12(10-14,11-6-4-3-5-7-11)13-8-9-17(2,15)16/h11,13-14H,3-10H2,1-2H3/t12-/m1/s1. The summed E-state index contributed by atoms with van der Waals surface area (Å²) in [7, 11) is -2.93. The first kappa shape index (κ1) is 14.9. The molecule has 0 amide bonds. The fourth-order valence-electron chi connectivity index (χ4n) is 2.59. The Morgan fingerprint density at radius 1 is 1.29 bits per heavy atom. The van der Waals surface area contributed by atoms with Crippen LogP contribution in [-0.4, -0.2) is 44.2 Å². The monoisotopic (exact) mass is 263 g/mol. The summed E-state index contributed by atoms with van der Waals surface area (Å²) >= 11 is 0. The van der Waals surface area contributed by atoms with Crippen LogP contribution in [0, 0.1) is 5.92 Å². The zero-order valence-corrected chi connectivity index (χ0v) is 11.7. The summed E-state index contributed by atoms with van der Waals surface area (Å²) < 4.78 is 22.2. The van der Waals surface area contributed by atoms with E-state index in [9.17, 15) is 13.5 Å². The molecule has 4 nitrogen and oxygen atoms in total. The third-order valence-electron chi connectivity index (χ3n) is 3.84. The van der Waals surface area contributed by atoms with Crippen LogP contribution in [0.5, 0.6) is 0 Å². The van der Waals surface area contributed by atoms with Gasteiger partial charge in [0.1, 0.15) is 9.84 Å². The molecule has 0 saturated heterocycles. The van der Waals surface area contributed by atoms with Crippen molar-refractivity contribution < 1.29 is 13.5 Å². The summed E-state index contributed by atoms with van der Waals surface area (Å²) in [6.07, 6.45) is 7.21. The minimum absolute atomic E-state index is 0.0709. The van der Waals surface area contributed by atoms with Crippen molar-refractivity contribution in [3.05, 3.63) is 0 Å². The molecule has 2 N–H and O–H groups in total. The minimum atomic E-state index is -2.93. The van der Waals surface area contributed by atoms with Crippen molar-refractivity contribution in [3.63, 3.8) is 0 Å². The molecule has 1 fully saturated rings. The average Bonchev–Trinajstić information content (AvgIpc) is 2.28. The molecule has 1 aliphatic rings. The van der Waals surface area contributed by atoms with Crippen molar-refractivity contribution in [2.75, 3.05) is 25.2 Å². The van der Waals surface area contributed by atoms with Gasteiger partial charge in [-0.2, -0.15) is 0 Å². The van der Waals surface area contributed by atoms with E-state index in [0.29, 0.717) is 12.5 Å². The number of hydrogen-bond donors (Lipinski definition) is 2. The van der Waals surface area contributed by atoms with Crippen LogP contribution in [0.25, 0.3) is 0 Å². The van der Waals surface area contributed by atoms with Gasteiger partial charge in [0.05, 0.1) is 12.4 Å². The Labute approximate surface area is 105 Å². The molecule has 0 aromatic heterocycles. The summed E-state index contributed by atoms with van der Waals surface area (Å²) in [5, 5.41) is 12.8. The fourth-order valence-corrected chi connectivity index (χ4v) is 3.06. The second kappa shape index (κ2) is 6.16. The minimum Gasteiger partial charge on any atom is -0.394 e. The van der Waals surface area contributed by atoms with Crippen LogP contribution < -0.4 is 5.32 Å². The molecule has 1 atom stereocenters. The molecule has 17 heavy (non-hydrogen) atoms. The highest BCUT2D eigenvalue weighted by Gasteiger charge is 2.33. The molecule has 0 aromatic rings. The molecule has 1 rings (SSSR count). The lowest BCUT2D eigenvalue weighted by atomic mass is 9.76. The van der Waals surface area contributed by atoms with Crippen LogP contribution in [0.15, 0.2) is 0 Å². The van der Waals surface area contributed by atoms with Crippen LogP contribution in [0.2, 0.25) is 0 Å². The van der Waals surface area contributed by atoms with Gasteiger partial charge < -0.3 is 10.4 Å². The van der Waals surface area contributed by atoms with Gasteiger partial charge in [-0.25, -0.2) is 8.42 Å². The van der Waals surface area contributed by atoms with Crippen molar-refractivity contribution in [1.29, 1.82) is 0 Å². The Bertz CT molecular complexity index is 323. The number of aliphatic hydroxyl groups excluding tert-OH is 1. The Kier molecular flexibility index (Phi) is 5.41. The Balaban J connectivity index is 2.49. The molecule has 0 bridgehead atoms. The number of aliphatic hydroxyl groups is 1. The zero-order chi connectivity index (χ0) is 12.9. The van der Waals surface area contributed by atoms with Crippen LogP contribution >= 0.6 is 0 Å². The summed E-state index contributed by atoms with van der Waals surface area (Å²) in [4.78, 5) is 0. The van der Waals surface area contributed by atoms with E-state index in [1.165, 1.54) is 25.5 Å². The highest BCUT2D eigenvalue weighted by molar-refractivity contribution is 7.90. The van der Waals surface area contributed by atoms with Gasteiger partial charge in [-0.05, 0) is 25.7 Å². The average molecular weight is 263 g/mol. The molecule has 0 radical (unpaired) electrons. The number of nitrogens with one attached hydrogen (secondary N) is 1. The second-order valence-corrected chi connectivity index (χ2v) is 7.73. The highest BCUT2D eigenvalue weighted by Crippen LogP contribution is 2.32. The summed E-state index contributed by atoms with van der Waals surface area (Å²) in [6, 6.07) is 0. The van der Waals surface area contributed by atoms with E-state index in [1.807, 2.05) is 6.92 Å². The molecule has 1 aliphatic carbocycles. The van der Waals surface area contributed by atoms with E-state index >= 15 is 0 Å². The van der Waals surface area contributed by atoms with Crippen LogP contribution in [0.3, 0.4) is 0 Å². The van der Waals surface area contributed by atoms with E-state index in [-0.39, 0.29) is 17.9 Å². The lowest BCUT2D eigenvalue weighted by Gasteiger charge is -2.39. The second-order valence-electron chi connectivity index (χ2n) is 5.47. The van der Waals surface area contributed by atoms with Gasteiger partial charge in [-0.15, -0.1) is 0 Å². The van der Waals surface area contributed by atoms with Gasteiger partial charge in [-0.1, -0.05) is 19.3 Å². The normalized spacial score (nSPS) is 22.3. The molecule has 5 heteroatoms. The van der Waals surface area contributed by atoms with E-state index < -0.39 is 9.84 Å². The van der Waals surface area contributed by atoms with E-state index in [4.69, 9.17) is 0 Å². The van der Waals surface area contributed by atoms with Crippen LogP contribution in [-0.2, 0) is 9.84 Å². The molecular formula is C12H25NO3S. The first-order chi connectivity index (χ1) is 7.87. The van der Waals surface area contributed by atoms with Crippen molar-refractivity contribution in [3.8, 4) is 0 Å². The summed E-state index contributed by atoms with van der Waals surface area (Å²) in [5.41, 5.74) is -0.328. The van der Waals surface area contributed by atoms with E-state index in [0.717, 1.165) is 12.8 Å². The smallest absolute Gasteiger partial charge is 0.148 e. The summed E-state index contributed by atoms with van der Waals surface area (Å²) in [6.45, 7) is 2.50. The predicted octanol–water partition coefficient (Wildman–Crippen LogP) is 0.952. The predicted molar refractivity (Wildman–Crippen MR) is 69.8 cm³/mol. The van der Waals surface area contributed by atoms with Crippen molar-refractivity contribution in [2.24, 2.45) is 5.92 Å². The van der Waals surface area contributed by atoms with E-state index in [1.54, 1.807) is 0 Å². The molecule has 0 unspecified atom stereocenters. The highest BCUT2D eigenvalue weighted by atomic mass is 32.2. The Hall–Kier alpha value is -0.130. The molecule has 102 valence electrons. The maximum absolute atomic E-state index is 11.1. The molecule has 0 aromatic carbocycles. The van der Waals surface area contributed by atoms with Gasteiger partial charge in [0.15, 0.2) is 0 Å².